The second-order valence-electron chi connectivity index (χ2n) is 4.33. The molecule has 0 spiro atoms. The van der Waals surface area contributed by atoms with Crippen LogP contribution in [0.15, 0.2) is 37.2 Å². The number of hydrogen-bond acceptors (Lipinski definition) is 3. The van der Waals surface area contributed by atoms with Gasteiger partial charge in [0, 0.05) is 25.5 Å². The average molecular weight is 732 g/mol. The van der Waals surface area contributed by atoms with Crippen LogP contribution in [0.4, 0.5) is 0 Å². The summed E-state index contributed by atoms with van der Waals surface area (Å²) in [7, 11) is 9.59. The van der Waals surface area contributed by atoms with Gasteiger partial charge in [0.05, 0.1) is 29.3 Å². The van der Waals surface area contributed by atoms with Crippen LogP contribution in [0.3, 0.4) is 0 Å². The molecule has 3 aromatic heterocycles. The van der Waals surface area contributed by atoms with E-state index < -0.39 is 5.79 Å². The summed E-state index contributed by atoms with van der Waals surface area (Å²) in [5, 5.41) is 13.3. The molecule has 3 rings (SSSR count). The van der Waals surface area contributed by atoms with Gasteiger partial charge in [0.25, 0.3) is 0 Å². The van der Waals surface area contributed by atoms with Crippen molar-refractivity contribution in [2.75, 3.05) is 0 Å². The van der Waals surface area contributed by atoms with Crippen LogP contribution in [-0.2, 0) is 18.9 Å². The Hall–Kier alpha value is 0.919. The van der Waals surface area contributed by atoms with Gasteiger partial charge in [-0.1, -0.05) is 0 Å². The molecule has 125 valence electrons. The molecule has 0 saturated heterocycles. The third-order valence-electron chi connectivity index (χ3n) is 2.96. The molecule has 0 aliphatic rings. The SMILES string of the molecule is CC(n1cc(I)cn1)(n1cc(I)cn1)n1cc(I)cn1.[Cl][Mn][Cl]. The van der Waals surface area contributed by atoms with E-state index in [4.69, 9.17) is 20.2 Å². The van der Waals surface area contributed by atoms with Crippen molar-refractivity contribution in [2.24, 2.45) is 0 Å². The van der Waals surface area contributed by atoms with E-state index in [9.17, 15) is 0 Å². The zero-order valence-corrected chi connectivity index (χ0v) is 20.6. The fourth-order valence-electron chi connectivity index (χ4n) is 1.91. The van der Waals surface area contributed by atoms with Gasteiger partial charge in [-0.2, -0.15) is 15.3 Å². The molecule has 0 bridgehead atoms. The molecule has 0 aliphatic carbocycles. The second-order valence-corrected chi connectivity index (χ2v) is 10.0. The first-order valence-corrected chi connectivity index (χ1v) is 12.4. The molecule has 0 amide bonds. The number of rotatable bonds is 3. The molecular formula is C11H9Cl2I3MnN6. The van der Waals surface area contributed by atoms with Crippen LogP contribution in [-0.4, -0.2) is 29.3 Å². The van der Waals surface area contributed by atoms with Crippen LogP contribution in [0.5, 0.6) is 0 Å². The van der Waals surface area contributed by atoms with Gasteiger partial charge < -0.3 is 0 Å². The Morgan fingerprint density at radius 2 is 1.09 bits per heavy atom. The maximum absolute atomic E-state index is 4.80. The van der Waals surface area contributed by atoms with Gasteiger partial charge in [-0.05, 0) is 67.8 Å². The Morgan fingerprint density at radius 3 is 1.26 bits per heavy atom. The van der Waals surface area contributed by atoms with Crippen molar-refractivity contribution in [3.8, 4) is 0 Å². The van der Waals surface area contributed by atoms with Crippen LogP contribution in [0.25, 0.3) is 0 Å². The van der Waals surface area contributed by atoms with Crippen LogP contribution < -0.4 is 0 Å². The number of halogens is 5. The zero-order valence-electron chi connectivity index (χ0n) is 11.4. The van der Waals surface area contributed by atoms with Crippen molar-refractivity contribution in [2.45, 2.75) is 12.7 Å². The summed E-state index contributed by atoms with van der Waals surface area (Å²) in [5.41, 5.74) is 0. The average Bonchev–Trinajstić information content (AvgIpc) is 3.21. The number of hydrogen-bond donors (Lipinski definition) is 0. The molecule has 3 heterocycles. The van der Waals surface area contributed by atoms with E-state index in [0.29, 0.717) is 0 Å². The van der Waals surface area contributed by atoms with E-state index in [1.807, 2.05) is 58.2 Å². The minimum absolute atomic E-state index is 0.00694. The van der Waals surface area contributed by atoms with E-state index >= 15 is 0 Å². The first-order chi connectivity index (χ1) is 10.9. The van der Waals surface area contributed by atoms with E-state index in [0.717, 1.165) is 10.7 Å². The minimum atomic E-state index is -0.656. The van der Waals surface area contributed by atoms with Crippen molar-refractivity contribution in [1.29, 1.82) is 0 Å². The van der Waals surface area contributed by atoms with Crippen molar-refractivity contribution in [3.63, 3.8) is 0 Å². The van der Waals surface area contributed by atoms with E-state index in [2.05, 4.69) is 83.1 Å². The van der Waals surface area contributed by atoms with Crippen LogP contribution >= 0.6 is 88.0 Å². The van der Waals surface area contributed by atoms with Crippen LogP contribution in [0, 0.1) is 10.7 Å². The molecule has 0 atom stereocenters. The Morgan fingerprint density at radius 1 is 0.826 bits per heavy atom. The van der Waals surface area contributed by atoms with Gasteiger partial charge in [-0.15, -0.1) is 0 Å². The fraction of sp³-hybridized carbons (Fsp3) is 0.182. The molecule has 0 fully saturated rings. The monoisotopic (exact) mass is 731 g/mol. The van der Waals surface area contributed by atoms with Crippen LogP contribution in [0.2, 0.25) is 0 Å². The first-order valence-electron chi connectivity index (χ1n) is 5.90. The first kappa shape index (κ1) is 20.2. The number of aromatic nitrogens is 6. The normalized spacial score (nSPS) is 11.2. The Kier molecular flexibility index (Phi) is 7.94. The Bertz CT molecular complexity index is 675. The van der Waals surface area contributed by atoms with Crippen molar-refractivity contribution < 1.29 is 13.1 Å². The summed E-state index contributed by atoms with van der Waals surface area (Å²) >= 11 is 6.74. The maximum atomic E-state index is 4.80. The van der Waals surface area contributed by atoms with Crippen molar-refractivity contribution >= 4 is 88.0 Å². The molecule has 12 heteroatoms. The molecule has 0 N–H and O–H groups in total. The second kappa shape index (κ2) is 9.03. The summed E-state index contributed by atoms with van der Waals surface area (Å²) < 4.78 is 8.79. The van der Waals surface area contributed by atoms with Gasteiger partial charge in [0.1, 0.15) is 0 Å². The molecule has 0 unspecified atom stereocenters. The van der Waals surface area contributed by atoms with Gasteiger partial charge in [0.2, 0.25) is 5.79 Å². The third kappa shape index (κ3) is 4.76. The summed E-state index contributed by atoms with van der Waals surface area (Å²) in [6, 6.07) is 0. The summed E-state index contributed by atoms with van der Waals surface area (Å²) in [4.78, 5) is 0. The Balaban J connectivity index is 0.000000595. The molecule has 3 aromatic rings. The molecule has 0 radical (unpaired) electrons. The summed E-state index contributed by atoms with van der Waals surface area (Å²) in [5.74, 6) is -0.656. The van der Waals surface area contributed by atoms with Gasteiger partial charge in [-0.25, -0.2) is 14.0 Å². The Labute approximate surface area is 188 Å². The summed E-state index contributed by atoms with van der Waals surface area (Å²) in [6.45, 7) is 2.03. The fourth-order valence-corrected chi connectivity index (χ4v) is 3.08. The van der Waals surface area contributed by atoms with E-state index in [1.54, 1.807) is 0 Å². The van der Waals surface area contributed by atoms with E-state index in [-0.39, 0.29) is 13.1 Å². The summed E-state index contributed by atoms with van der Waals surface area (Å²) in [6.07, 6.45) is 11.4. The quantitative estimate of drug-likeness (QED) is 0.300. The van der Waals surface area contributed by atoms with Crippen molar-refractivity contribution in [1.82, 2.24) is 29.3 Å². The van der Waals surface area contributed by atoms with Gasteiger partial charge >= 0.3 is 33.3 Å². The molecule has 23 heavy (non-hydrogen) atoms. The molecule has 0 aliphatic heterocycles. The predicted molar refractivity (Wildman–Crippen MR) is 111 cm³/mol. The van der Waals surface area contributed by atoms with Crippen molar-refractivity contribution in [3.05, 3.63) is 47.9 Å². The molecular weight excluding hydrogens is 723 g/mol. The topological polar surface area (TPSA) is 53.5 Å². The molecule has 0 aromatic carbocycles. The van der Waals surface area contributed by atoms with Crippen LogP contribution in [0.1, 0.15) is 6.92 Å². The third-order valence-corrected chi connectivity index (χ3v) is 4.63. The molecule has 6 nitrogen and oxygen atoms in total. The molecule has 0 saturated carbocycles. The predicted octanol–water partition coefficient (Wildman–Crippen LogP) is 4.19. The van der Waals surface area contributed by atoms with Gasteiger partial charge in [0.15, 0.2) is 0 Å². The standard InChI is InChI=1S/C11H9I3N6.2ClH.Mn/c1-11(18-5-8(12)2-15-18,19-6-9(13)3-16-19)20-7-10(14)4-17-20;;;/h2-7H,1H3;2*1H;/q;;;+2/p-2. The van der Waals surface area contributed by atoms with Gasteiger partial charge in [-0.3, -0.25) is 0 Å². The van der Waals surface area contributed by atoms with E-state index in [1.165, 1.54) is 0 Å². The zero-order chi connectivity index (χ0) is 17.0. The number of nitrogens with zero attached hydrogens (tertiary/aromatic N) is 6.